The van der Waals surface area contributed by atoms with Crippen molar-refractivity contribution in [3.05, 3.63) is 171 Å². The van der Waals surface area contributed by atoms with Gasteiger partial charge in [0.1, 0.15) is 0 Å². The van der Waals surface area contributed by atoms with Crippen molar-refractivity contribution in [3.63, 3.8) is 0 Å². The monoisotopic (exact) mass is 936 g/mol. The number of allylic oxidation sites excluding steroid dienone is 4. The average molecular weight is 939 g/mol. The van der Waals surface area contributed by atoms with E-state index in [1.165, 1.54) is 79.9 Å². The van der Waals surface area contributed by atoms with Crippen LogP contribution in [-0.4, -0.2) is 3.21 Å². The molecule has 3 aliphatic carbocycles. The summed E-state index contributed by atoms with van der Waals surface area (Å²) in [6.45, 7) is 23.3. The van der Waals surface area contributed by atoms with Crippen molar-refractivity contribution in [2.75, 3.05) is 0 Å². The largest absolute Gasteiger partial charge is 1.00 e. The van der Waals surface area contributed by atoms with Crippen molar-refractivity contribution in [1.82, 2.24) is 0 Å². The molecule has 0 atom stereocenters. The molecule has 0 spiro atoms. The molecule has 60 heavy (non-hydrogen) atoms. The first-order valence-electron chi connectivity index (χ1n) is 19.5. The number of alkyl halides is 6. The summed E-state index contributed by atoms with van der Waals surface area (Å²) in [4.78, 5) is 0. The third-order valence-corrected chi connectivity index (χ3v) is 12.6. The normalized spacial score (nSPS) is 15.6. The SMILES string of the molecule is CC(C)(C)C1=[C-]C(C)(C)c2cc3c(cc21)-c1cc2c(cc1C3)C(C)(C)C=C2C(C)(C)C.FC(F)(F)c1ccc([C](=[Zr+2])c2ccc(C(F)(F)F)cc2)cc1.[Cl-].[Cl-].c1cc[cH-]c1. The topological polar surface area (TPSA) is 0 Å². The van der Waals surface area contributed by atoms with Crippen molar-refractivity contribution in [1.29, 1.82) is 0 Å². The molecule has 0 saturated heterocycles. The second-order valence-electron chi connectivity index (χ2n) is 18.7. The molecule has 0 unspecified atom stereocenters. The maximum Gasteiger partial charge on any atom is -0.172 e. The van der Waals surface area contributed by atoms with Crippen LogP contribution in [0.3, 0.4) is 0 Å². The minimum absolute atomic E-state index is 0. The van der Waals surface area contributed by atoms with E-state index < -0.39 is 23.5 Å². The summed E-state index contributed by atoms with van der Waals surface area (Å²) >= 11 is 0.898. The summed E-state index contributed by atoms with van der Waals surface area (Å²) in [5, 5.41) is 0. The molecular weight excluding hydrogens is 889 g/mol. The third kappa shape index (κ3) is 10.3. The maximum atomic E-state index is 12.5. The third-order valence-electron chi connectivity index (χ3n) is 11.1. The number of halogens is 8. The van der Waals surface area contributed by atoms with Gasteiger partial charge in [0.25, 0.3) is 0 Å². The minimum atomic E-state index is -4.41. The zero-order chi connectivity index (χ0) is 42.8. The van der Waals surface area contributed by atoms with Gasteiger partial charge in [-0.3, -0.25) is 6.08 Å². The molecule has 0 saturated carbocycles. The van der Waals surface area contributed by atoms with Crippen LogP contribution in [0.5, 0.6) is 0 Å². The van der Waals surface area contributed by atoms with Gasteiger partial charge in [0.15, 0.2) is 0 Å². The molecule has 8 rings (SSSR count). The Bertz CT molecular complexity index is 2220. The van der Waals surface area contributed by atoms with Crippen LogP contribution < -0.4 is 24.8 Å². The van der Waals surface area contributed by atoms with E-state index in [9.17, 15) is 26.3 Å². The molecule has 5 aromatic carbocycles. The predicted molar refractivity (Wildman–Crippen MR) is 222 cm³/mol. The zero-order valence-electron chi connectivity index (χ0n) is 35.6. The first-order valence-corrected chi connectivity index (χ1v) is 20.8. The molecule has 0 aromatic heterocycles. The summed E-state index contributed by atoms with van der Waals surface area (Å²) in [6, 6.07) is 29.2. The van der Waals surface area contributed by atoms with Crippen molar-refractivity contribution in [2.45, 2.75) is 98.8 Å². The fourth-order valence-corrected chi connectivity index (χ4v) is 8.90. The number of hydrogen-bond donors (Lipinski definition) is 0. The van der Waals surface area contributed by atoms with Gasteiger partial charge >= 0.3 is 137 Å². The number of benzene rings is 4. The molecule has 9 heteroatoms. The first kappa shape index (κ1) is 49.3. The van der Waals surface area contributed by atoms with Gasteiger partial charge in [0.05, 0.1) is 0 Å². The van der Waals surface area contributed by atoms with Crippen LogP contribution in [0, 0.1) is 16.9 Å². The average Bonchev–Trinajstić information content (AvgIpc) is 3.91. The summed E-state index contributed by atoms with van der Waals surface area (Å²) in [7, 11) is 0. The van der Waals surface area contributed by atoms with Crippen LogP contribution in [0.4, 0.5) is 26.3 Å². The molecule has 5 aromatic rings. The fourth-order valence-electron chi connectivity index (χ4n) is 8.08. The molecule has 3 aliphatic rings. The molecule has 0 fully saturated rings. The van der Waals surface area contributed by atoms with Crippen molar-refractivity contribution in [3.8, 4) is 11.1 Å². The second kappa shape index (κ2) is 17.4. The molecule has 0 bridgehead atoms. The molecule has 0 heterocycles. The van der Waals surface area contributed by atoms with E-state index in [0.29, 0.717) is 14.3 Å². The quantitative estimate of drug-likeness (QED) is 0.121. The number of rotatable bonds is 2. The molecular formula is C51H50Cl2F6Zr-2. The molecule has 316 valence electrons. The van der Waals surface area contributed by atoms with Gasteiger partial charge < -0.3 is 24.8 Å². The van der Waals surface area contributed by atoms with E-state index in [-0.39, 0.29) is 46.5 Å². The smallest absolute Gasteiger partial charge is 0.172 e. The Labute approximate surface area is 379 Å². The molecule has 0 N–H and O–H groups in total. The number of fused-ring (bicyclic) bond motifs is 5. The Balaban J connectivity index is 0.000000240. The minimum Gasteiger partial charge on any atom is -1.00 e. The van der Waals surface area contributed by atoms with Gasteiger partial charge in [-0.1, -0.05) is 92.9 Å². The van der Waals surface area contributed by atoms with E-state index in [4.69, 9.17) is 0 Å². The summed E-state index contributed by atoms with van der Waals surface area (Å²) in [5.74, 6) is 0. The predicted octanol–water partition coefficient (Wildman–Crippen LogP) is 8.76. The van der Waals surface area contributed by atoms with E-state index in [2.05, 4.69) is 106 Å². The van der Waals surface area contributed by atoms with Crippen LogP contribution in [0.1, 0.15) is 125 Å². The standard InChI is InChI=1S/C31H37.C15H8F6.C5H5.2ClH.Zr/c1-28(2,3)26-16-30(7,8)24-12-18-11-19-13-25-23(15-21(19)20(18)14-22(24)26)27(29(4,5)6)17-31(25,9)10;16-14(17,18)12-5-1-10(2-6-12)9-11-3-7-13(8-4-11)15(19,20)21;1-2-4-5-3-1;;;/h12-16H,11H2,1-10H3;1-8H;1-5H;2*1H;/q-1;;-1;;;+2/p-2. The molecule has 0 nitrogen and oxygen atoms in total. The Kier molecular flexibility index (Phi) is 14.3. The Morgan fingerprint density at radius 1 is 0.600 bits per heavy atom. The van der Waals surface area contributed by atoms with Crippen LogP contribution in [0.15, 0.2) is 109 Å². The van der Waals surface area contributed by atoms with Crippen LogP contribution >= 0.6 is 0 Å². The van der Waals surface area contributed by atoms with Crippen molar-refractivity contribution < 1.29 is 75.4 Å². The Morgan fingerprint density at radius 2 is 1.03 bits per heavy atom. The summed E-state index contributed by atoms with van der Waals surface area (Å²) in [6.07, 6.45) is -1.41. The molecule has 0 amide bonds. The first-order chi connectivity index (χ1) is 26.7. The van der Waals surface area contributed by atoms with E-state index >= 15 is 0 Å². The summed E-state index contributed by atoms with van der Waals surface area (Å²) < 4.78 is 75.6. The fraction of sp³-hybridized carbons (Fsp3) is 0.333. The van der Waals surface area contributed by atoms with Crippen LogP contribution in [0.2, 0.25) is 0 Å². The van der Waals surface area contributed by atoms with Gasteiger partial charge in [0, 0.05) is 5.41 Å². The Morgan fingerprint density at radius 3 is 1.42 bits per heavy atom. The van der Waals surface area contributed by atoms with E-state index in [1.54, 1.807) is 0 Å². The van der Waals surface area contributed by atoms with Gasteiger partial charge in [0.2, 0.25) is 0 Å². The van der Waals surface area contributed by atoms with Crippen LogP contribution in [0.25, 0.3) is 22.3 Å². The van der Waals surface area contributed by atoms with E-state index in [0.717, 1.165) is 54.9 Å². The second-order valence-corrected chi connectivity index (χ2v) is 19.9. The maximum absolute atomic E-state index is 12.5. The van der Waals surface area contributed by atoms with Crippen molar-refractivity contribution in [2.24, 2.45) is 10.8 Å². The number of hydrogen-bond acceptors (Lipinski definition) is 0. The van der Waals surface area contributed by atoms with E-state index in [1.807, 2.05) is 30.3 Å². The molecule has 0 aliphatic heterocycles. The zero-order valence-corrected chi connectivity index (χ0v) is 39.6. The van der Waals surface area contributed by atoms with Gasteiger partial charge in [-0.15, -0.1) is 11.6 Å². The van der Waals surface area contributed by atoms with Gasteiger partial charge in [-0.25, -0.2) is 17.7 Å². The van der Waals surface area contributed by atoms with Gasteiger partial charge in [-0.05, 0) is 62.3 Å². The Hall–Kier alpha value is -3.38. The summed E-state index contributed by atoms with van der Waals surface area (Å²) in [5.41, 5.74) is 14.5. The van der Waals surface area contributed by atoms with Gasteiger partial charge in [-0.2, -0.15) is 23.8 Å². The van der Waals surface area contributed by atoms with Crippen LogP contribution in [-0.2, 0) is 53.8 Å². The van der Waals surface area contributed by atoms with Crippen molar-refractivity contribution >= 4 is 14.4 Å². The molecule has 0 radical (unpaired) electrons.